The quantitative estimate of drug-likeness (QED) is 0.798. The summed E-state index contributed by atoms with van der Waals surface area (Å²) in [5.74, 6) is 0.695. The number of carbonyl (C=O) groups is 1. The van der Waals surface area contributed by atoms with Crippen molar-refractivity contribution in [1.82, 2.24) is 15.3 Å². The molecule has 0 aliphatic rings. The summed E-state index contributed by atoms with van der Waals surface area (Å²) in [5, 5.41) is 6.25. The highest BCUT2D eigenvalue weighted by molar-refractivity contribution is 5.92. The lowest BCUT2D eigenvalue weighted by Crippen LogP contribution is -2.28. The van der Waals surface area contributed by atoms with E-state index >= 15 is 0 Å². The van der Waals surface area contributed by atoms with Crippen molar-refractivity contribution >= 4 is 17.5 Å². The van der Waals surface area contributed by atoms with Crippen LogP contribution >= 0.6 is 0 Å². The van der Waals surface area contributed by atoms with Gasteiger partial charge in [0.1, 0.15) is 5.69 Å². The zero-order valence-corrected chi connectivity index (χ0v) is 15.8. The number of benzene rings is 1. The van der Waals surface area contributed by atoms with Crippen LogP contribution in [-0.4, -0.2) is 22.4 Å². The van der Waals surface area contributed by atoms with Gasteiger partial charge in [0.25, 0.3) is 5.91 Å². The molecule has 2 aromatic rings. The first-order valence-electron chi connectivity index (χ1n) is 8.96. The van der Waals surface area contributed by atoms with E-state index in [1.807, 2.05) is 6.92 Å². The molecule has 1 aromatic carbocycles. The molecule has 1 heterocycles. The van der Waals surface area contributed by atoms with E-state index in [0.717, 1.165) is 24.2 Å². The molecule has 2 N–H and O–H groups in total. The molecule has 5 heteroatoms. The zero-order chi connectivity index (χ0) is 18.4. The number of anilines is 2. The van der Waals surface area contributed by atoms with E-state index in [1.165, 1.54) is 11.1 Å². The smallest absolute Gasteiger partial charge is 0.270 e. The Hall–Kier alpha value is -2.43. The third-order valence-electron chi connectivity index (χ3n) is 3.99. The topological polar surface area (TPSA) is 66.9 Å². The number of para-hydroxylation sites is 1. The highest BCUT2D eigenvalue weighted by atomic mass is 16.1. The van der Waals surface area contributed by atoms with Crippen molar-refractivity contribution in [2.24, 2.45) is 5.92 Å². The van der Waals surface area contributed by atoms with Crippen LogP contribution in [0.5, 0.6) is 0 Å². The van der Waals surface area contributed by atoms with Crippen LogP contribution in [0.2, 0.25) is 0 Å². The van der Waals surface area contributed by atoms with Gasteiger partial charge >= 0.3 is 0 Å². The molecule has 2 rings (SSSR count). The molecule has 1 amide bonds. The van der Waals surface area contributed by atoms with E-state index in [4.69, 9.17) is 0 Å². The molecule has 0 fully saturated rings. The Morgan fingerprint density at radius 2 is 1.76 bits per heavy atom. The second-order valence-corrected chi connectivity index (χ2v) is 6.61. The predicted octanol–water partition coefficient (Wildman–Crippen LogP) is 4.04. The average Bonchev–Trinajstić information content (AvgIpc) is 2.59. The van der Waals surface area contributed by atoms with Crippen LogP contribution in [0.3, 0.4) is 0 Å². The Balaban J connectivity index is 2.31. The van der Waals surface area contributed by atoms with E-state index in [2.05, 4.69) is 66.5 Å². The van der Waals surface area contributed by atoms with Gasteiger partial charge in [0.2, 0.25) is 5.95 Å². The van der Waals surface area contributed by atoms with Crippen molar-refractivity contribution in [2.75, 3.05) is 11.9 Å². The number of aryl methyl sites for hydroxylation is 3. The number of nitrogens with zero attached hydrogens (tertiary/aromatic N) is 2. The van der Waals surface area contributed by atoms with E-state index in [1.54, 1.807) is 6.07 Å². The minimum atomic E-state index is -0.165. The number of hydrogen-bond donors (Lipinski definition) is 2. The van der Waals surface area contributed by atoms with Crippen LogP contribution in [0.1, 0.15) is 55.0 Å². The number of carbonyl (C=O) groups excluding carboxylic acids is 1. The van der Waals surface area contributed by atoms with Gasteiger partial charge in [-0.25, -0.2) is 9.97 Å². The minimum absolute atomic E-state index is 0.165. The van der Waals surface area contributed by atoms with Crippen LogP contribution in [0.15, 0.2) is 24.3 Å². The molecule has 0 unspecified atom stereocenters. The van der Waals surface area contributed by atoms with Gasteiger partial charge < -0.3 is 10.6 Å². The molecule has 0 atom stereocenters. The summed E-state index contributed by atoms with van der Waals surface area (Å²) in [5.41, 5.74) is 4.64. The SMILES string of the molecule is CCc1cccc(CC)c1Nc1nc(C)cc(C(=O)NCC(C)C)n1. The van der Waals surface area contributed by atoms with Gasteiger partial charge in [0.05, 0.1) is 0 Å². The summed E-state index contributed by atoms with van der Waals surface area (Å²) < 4.78 is 0. The number of aromatic nitrogens is 2. The summed E-state index contributed by atoms with van der Waals surface area (Å²) in [6.07, 6.45) is 1.84. The molecule has 134 valence electrons. The second-order valence-electron chi connectivity index (χ2n) is 6.61. The summed E-state index contributed by atoms with van der Waals surface area (Å²) in [4.78, 5) is 21.2. The summed E-state index contributed by atoms with van der Waals surface area (Å²) >= 11 is 0. The predicted molar refractivity (Wildman–Crippen MR) is 102 cm³/mol. The van der Waals surface area contributed by atoms with Crippen LogP contribution < -0.4 is 10.6 Å². The zero-order valence-electron chi connectivity index (χ0n) is 15.8. The number of amides is 1. The first-order valence-corrected chi connectivity index (χ1v) is 8.96. The van der Waals surface area contributed by atoms with Gasteiger partial charge in [-0.2, -0.15) is 0 Å². The normalized spacial score (nSPS) is 10.8. The molecular formula is C20H28N4O. The van der Waals surface area contributed by atoms with Gasteiger partial charge in [-0.1, -0.05) is 45.9 Å². The average molecular weight is 340 g/mol. The maximum absolute atomic E-state index is 12.3. The summed E-state index contributed by atoms with van der Waals surface area (Å²) in [6.45, 7) is 10.9. The first kappa shape index (κ1) is 18.9. The molecule has 0 aliphatic carbocycles. The van der Waals surface area contributed by atoms with Crippen LogP contribution in [0.4, 0.5) is 11.6 Å². The molecular weight excluding hydrogens is 312 g/mol. The maximum Gasteiger partial charge on any atom is 0.270 e. The van der Waals surface area contributed by atoms with E-state index in [-0.39, 0.29) is 5.91 Å². The van der Waals surface area contributed by atoms with Crippen molar-refractivity contribution in [3.05, 3.63) is 46.8 Å². The van der Waals surface area contributed by atoms with Crippen molar-refractivity contribution in [3.8, 4) is 0 Å². The molecule has 0 saturated carbocycles. The third kappa shape index (κ3) is 5.02. The Labute approximate surface area is 150 Å². The lowest BCUT2D eigenvalue weighted by atomic mass is 10.0. The molecule has 0 saturated heterocycles. The standard InChI is InChI=1S/C20H28N4O/c1-6-15-9-8-10-16(7-2)18(15)24-20-22-14(5)11-17(23-20)19(25)21-12-13(3)4/h8-11,13H,6-7,12H2,1-5H3,(H,21,25)(H,22,23,24). The van der Waals surface area contributed by atoms with Crippen molar-refractivity contribution in [3.63, 3.8) is 0 Å². The van der Waals surface area contributed by atoms with E-state index in [0.29, 0.717) is 24.1 Å². The highest BCUT2D eigenvalue weighted by Crippen LogP contribution is 2.25. The van der Waals surface area contributed by atoms with Gasteiger partial charge in [-0.05, 0) is 42.9 Å². The number of nitrogens with one attached hydrogen (secondary N) is 2. The monoisotopic (exact) mass is 340 g/mol. The highest BCUT2D eigenvalue weighted by Gasteiger charge is 2.13. The van der Waals surface area contributed by atoms with Gasteiger partial charge in [-0.3, -0.25) is 4.79 Å². The summed E-state index contributed by atoms with van der Waals surface area (Å²) in [7, 11) is 0. The summed E-state index contributed by atoms with van der Waals surface area (Å²) in [6, 6.07) is 8.00. The molecule has 25 heavy (non-hydrogen) atoms. The van der Waals surface area contributed by atoms with Crippen LogP contribution in [0.25, 0.3) is 0 Å². The second kappa shape index (κ2) is 8.60. The molecule has 0 bridgehead atoms. The van der Waals surface area contributed by atoms with Crippen LogP contribution in [0, 0.1) is 12.8 Å². The minimum Gasteiger partial charge on any atom is -0.350 e. The first-order chi connectivity index (χ1) is 11.9. The Morgan fingerprint density at radius 3 is 2.32 bits per heavy atom. The number of rotatable bonds is 7. The fraction of sp³-hybridized carbons (Fsp3) is 0.450. The lowest BCUT2D eigenvalue weighted by Gasteiger charge is -2.15. The van der Waals surface area contributed by atoms with Gasteiger partial charge in [-0.15, -0.1) is 0 Å². The Morgan fingerprint density at radius 1 is 1.12 bits per heavy atom. The Bertz CT molecular complexity index is 718. The van der Waals surface area contributed by atoms with Crippen molar-refractivity contribution < 1.29 is 4.79 Å². The van der Waals surface area contributed by atoms with Crippen molar-refractivity contribution in [1.29, 1.82) is 0 Å². The molecule has 0 aliphatic heterocycles. The fourth-order valence-corrected chi connectivity index (χ4v) is 2.64. The van der Waals surface area contributed by atoms with E-state index in [9.17, 15) is 4.79 Å². The van der Waals surface area contributed by atoms with Gasteiger partial charge in [0, 0.05) is 17.9 Å². The molecule has 5 nitrogen and oxygen atoms in total. The third-order valence-corrected chi connectivity index (χ3v) is 3.99. The van der Waals surface area contributed by atoms with E-state index < -0.39 is 0 Å². The lowest BCUT2D eigenvalue weighted by molar-refractivity contribution is 0.0944. The van der Waals surface area contributed by atoms with Crippen LogP contribution in [-0.2, 0) is 12.8 Å². The molecule has 0 radical (unpaired) electrons. The maximum atomic E-state index is 12.3. The van der Waals surface area contributed by atoms with Crippen molar-refractivity contribution in [2.45, 2.75) is 47.5 Å². The molecule has 1 aromatic heterocycles. The van der Waals surface area contributed by atoms with Gasteiger partial charge in [0.15, 0.2) is 0 Å². The fourth-order valence-electron chi connectivity index (χ4n) is 2.64. The Kier molecular flexibility index (Phi) is 6.51. The largest absolute Gasteiger partial charge is 0.350 e. The molecule has 0 spiro atoms. The number of hydrogen-bond acceptors (Lipinski definition) is 4.